The summed E-state index contributed by atoms with van der Waals surface area (Å²) in [5.74, 6) is 0.644. The van der Waals surface area contributed by atoms with Gasteiger partial charge in [0.05, 0.1) is 5.52 Å². The Morgan fingerprint density at radius 2 is 1.81 bits per heavy atom. The lowest BCUT2D eigenvalue weighted by Crippen LogP contribution is -2.27. The third-order valence-corrected chi connectivity index (χ3v) is 3.38. The van der Waals surface area contributed by atoms with E-state index in [1.807, 2.05) is 0 Å². The maximum Gasteiger partial charge on any atom is 0.0705 e. The van der Waals surface area contributed by atoms with Crippen LogP contribution in [-0.4, -0.2) is 18.1 Å². The first-order chi connectivity index (χ1) is 7.93. The van der Waals surface area contributed by atoms with Crippen LogP contribution in [0.5, 0.6) is 0 Å². The van der Waals surface area contributed by atoms with Gasteiger partial charge in [-0.3, -0.25) is 4.98 Å². The van der Waals surface area contributed by atoms with E-state index in [9.17, 15) is 0 Å². The number of pyridine rings is 1. The summed E-state index contributed by atoms with van der Waals surface area (Å²) in [6.45, 7) is 2.25. The van der Waals surface area contributed by atoms with Gasteiger partial charge in [0, 0.05) is 17.0 Å². The van der Waals surface area contributed by atoms with Crippen molar-refractivity contribution in [1.29, 1.82) is 0 Å². The Balaban J connectivity index is 1.97. The van der Waals surface area contributed by atoms with Crippen LogP contribution in [0.25, 0.3) is 10.9 Å². The second-order valence-corrected chi connectivity index (χ2v) is 4.45. The first-order valence-corrected chi connectivity index (χ1v) is 6.00. The van der Waals surface area contributed by atoms with E-state index in [2.05, 4.69) is 41.7 Å². The Morgan fingerprint density at radius 1 is 1.00 bits per heavy atom. The molecule has 1 aromatic carbocycles. The smallest absolute Gasteiger partial charge is 0.0705 e. The van der Waals surface area contributed by atoms with E-state index >= 15 is 0 Å². The van der Waals surface area contributed by atoms with Crippen molar-refractivity contribution < 1.29 is 0 Å². The molecule has 0 spiro atoms. The fourth-order valence-corrected chi connectivity index (χ4v) is 2.43. The number of fused-ring (bicyclic) bond motifs is 1. The Labute approximate surface area is 95.7 Å². The average Bonchev–Trinajstić information content (AvgIpc) is 2.39. The Morgan fingerprint density at radius 3 is 2.69 bits per heavy atom. The average molecular weight is 212 g/mol. The van der Waals surface area contributed by atoms with Crippen molar-refractivity contribution in [1.82, 2.24) is 10.3 Å². The lowest BCUT2D eigenvalue weighted by molar-refractivity contribution is 0.454. The molecule has 0 aliphatic carbocycles. The molecule has 2 heteroatoms. The Kier molecular flexibility index (Phi) is 2.58. The van der Waals surface area contributed by atoms with Crippen molar-refractivity contribution in [3.8, 4) is 0 Å². The molecule has 3 rings (SSSR count). The van der Waals surface area contributed by atoms with Gasteiger partial charge in [-0.2, -0.15) is 0 Å². The van der Waals surface area contributed by atoms with E-state index in [1.54, 1.807) is 0 Å². The van der Waals surface area contributed by atoms with Gasteiger partial charge in [-0.1, -0.05) is 24.3 Å². The largest absolute Gasteiger partial charge is 0.317 e. The second kappa shape index (κ2) is 4.22. The van der Waals surface area contributed by atoms with Crippen molar-refractivity contribution in [2.45, 2.75) is 18.8 Å². The van der Waals surface area contributed by atoms with Crippen molar-refractivity contribution in [2.24, 2.45) is 0 Å². The first kappa shape index (κ1) is 9.79. The molecule has 1 aliphatic rings. The second-order valence-electron chi connectivity index (χ2n) is 4.45. The van der Waals surface area contributed by atoms with Gasteiger partial charge in [-0.15, -0.1) is 0 Å². The number of nitrogens with zero attached hydrogens (tertiary/aromatic N) is 1. The van der Waals surface area contributed by atoms with E-state index in [0.29, 0.717) is 5.92 Å². The molecule has 1 N–H and O–H groups in total. The van der Waals surface area contributed by atoms with Crippen LogP contribution >= 0.6 is 0 Å². The summed E-state index contributed by atoms with van der Waals surface area (Å²) in [6.07, 6.45) is 2.43. The highest BCUT2D eigenvalue weighted by Crippen LogP contribution is 2.25. The van der Waals surface area contributed by atoms with E-state index in [-0.39, 0.29) is 0 Å². The molecule has 0 saturated carbocycles. The molecule has 16 heavy (non-hydrogen) atoms. The van der Waals surface area contributed by atoms with Crippen LogP contribution in [0, 0.1) is 0 Å². The van der Waals surface area contributed by atoms with Crippen LogP contribution in [-0.2, 0) is 0 Å². The van der Waals surface area contributed by atoms with Gasteiger partial charge in [-0.25, -0.2) is 0 Å². The van der Waals surface area contributed by atoms with Crippen molar-refractivity contribution in [2.75, 3.05) is 13.1 Å². The molecule has 2 nitrogen and oxygen atoms in total. The van der Waals surface area contributed by atoms with Crippen LogP contribution in [0.3, 0.4) is 0 Å². The monoisotopic (exact) mass is 212 g/mol. The van der Waals surface area contributed by atoms with Crippen molar-refractivity contribution in [3.63, 3.8) is 0 Å². The maximum atomic E-state index is 4.77. The zero-order chi connectivity index (χ0) is 10.8. The molecule has 1 aliphatic heterocycles. The van der Waals surface area contributed by atoms with Crippen LogP contribution < -0.4 is 5.32 Å². The fourth-order valence-electron chi connectivity index (χ4n) is 2.43. The molecule has 0 atom stereocenters. The number of hydrogen-bond donors (Lipinski definition) is 1. The number of hydrogen-bond acceptors (Lipinski definition) is 2. The summed E-state index contributed by atoms with van der Waals surface area (Å²) in [7, 11) is 0. The molecule has 1 aromatic heterocycles. The summed E-state index contributed by atoms with van der Waals surface area (Å²) >= 11 is 0. The predicted octanol–water partition coefficient (Wildman–Crippen LogP) is 2.70. The molecular formula is C14H16N2. The van der Waals surface area contributed by atoms with Crippen molar-refractivity contribution >= 4 is 10.9 Å². The van der Waals surface area contributed by atoms with Gasteiger partial charge in [0.2, 0.25) is 0 Å². The molecule has 1 saturated heterocycles. The van der Waals surface area contributed by atoms with E-state index < -0.39 is 0 Å². The number of nitrogens with one attached hydrogen (secondary N) is 1. The molecular weight excluding hydrogens is 196 g/mol. The summed E-state index contributed by atoms with van der Waals surface area (Å²) in [5.41, 5.74) is 2.39. The molecule has 0 unspecified atom stereocenters. The maximum absolute atomic E-state index is 4.77. The van der Waals surface area contributed by atoms with Gasteiger partial charge in [0.15, 0.2) is 0 Å². The highest BCUT2D eigenvalue weighted by atomic mass is 14.9. The summed E-state index contributed by atoms with van der Waals surface area (Å²) < 4.78 is 0. The summed E-state index contributed by atoms with van der Waals surface area (Å²) in [5, 5.41) is 4.63. The minimum atomic E-state index is 0.644. The van der Waals surface area contributed by atoms with Crippen LogP contribution in [0.1, 0.15) is 24.5 Å². The van der Waals surface area contributed by atoms with E-state index in [0.717, 1.165) is 18.6 Å². The Hall–Kier alpha value is -1.41. The van der Waals surface area contributed by atoms with Crippen LogP contribution in [0.2, 0.25) is 0 Å². The topological polar surface area (TPSA) is 24.9 Å². The lowest BCUT2D eigenvalue weighted by Gasteiger charge is -2.22. The van der Waals surface area contributed by atoms with Gasteiger partial charge in [0.1, 0.15) is 0 Å². The minimum Gasteiger partial charge on any atom is -0.317 e. The van der Waals surface area contributed by atoms with Gasteiger partial charge < -0.3 is 5.32 Å². The molecule has 0 bridgehead atoms. The predicted molar refractivity (Wildman–Crippen MR) is 66.6 cm³/mol. The third kappa shape index (κ3) is 1.81. The van der Waals surface area contributed by atoms with E-state index in [1.165, 1.54) is 23.9 Å². The molecule has 82 valence electrons. The number of para-hydroxylation sites is 1. The van der Waals surface area contributed by atoms with E-state index in [4.69, 9.17) is 4.98 Å². The first-order valence-electron chi connectivity index (χ1n) is 6.00. The zero-order valence-electron chi connectivity index (χ0n) is 9.32. The minimum absolute atomic E-state index is 0.644. The van der Waals surface area contributed by atoms with Gasteiger partial charge in [0.25, 0.3) is 0 Å². The quantitative estimate of drug-likeness (QED) is 0.786. The number of rotatable bonds is 1. The molecule has 0 amide bonds. The molecule has 1 fully saturated rings. The number of benzene rings is 1. The van der Waals surface area contributed by atoms with Crippen molar-refractivity contribution in [3.05, 3.63) is 42.1 Å². The fraction of sp³-hybridized carbons (Fsp3) is 0.357. The van der Waals surface area contributed by atoms with Gasteiger partial charge >= 0.3 is 0 Å². The summed E-state index contributed by atoms with van der Waals surface area (Å²) in [4.78, 5) is 4.77. The molecule has 0 radical (unpaired) electrons. The van der Waals surface area contributed by atoms with Crippen LogP contribution in [0.15, 0.2) is 36.4 Å². The van der Waals surface area contributed by atoms with Crippen LogP contribution in [0.4, 0.5) is 0 Å². The standard InChI is InChI=1S/C14H16N2/c1-2-4-13-11(3-1)5-6-14(16-13)12-7-9-15-10-8-12/h1-6,12,15H,7-10H2. The lowest BCUT2D eigenvalue weighted by atomic mass is 9.94. The van der Waals surface area contributed by atoms with Gasteiger partial charge in [-0.05, 0) is 38.1 Å². The Bertz CT molecular complexity index is 487. The normalized spacial score (nSPS) is 17.8. The SMILES string of the molecule is c1ccc2nc(C3CCNCC3)ccc2c1. The highest BCUT2D eigenvalue weighted by molar-refractivity contribution is 5.78. The molecule has 2 heterocycles. The highest BCUT2D eigenvalue weighted by Gasteiger charge is 2.16. The molecule has 2 aromatic rings. The number of piperidine rings is 1. The third-order valence-electron chi connectivity index (χ3n) is 3.38. The number of aromatic nitrogens is 1. The summed E-state index contributed by atoms with van der Waals surface area (Å²) in [6, 6.07) is 12.7. The zero-order valence-corrected chi connectivity index (χ0v) is 9.32.